The normalized spacial score (nSPS) is 13.1. The summed E-state index contributed by atoms with van der Waals surface area (Å²) in [5.74, 6) is 1.05. The van der Waals surface area contributed by atoms with Crippen LogP contribution in [0.1, 0.15) is 75.2 Å². The quantitative estimate of drug-likeness (QED) is 0.329. The van der Waals surface area contributed by atoms with Gasteiger partial charge < -0.3 is 4.98 Å². The van der Waals surface area contributed by atoms with Gasteiger partial charge in [-0.15, -0.1) is 5.10 Å². The summed E-state index contributed by atoms with van der Waals surface area (Å²) in [4.78, 5) is 18.7. The van der Waals surface area contributed by atoms with Crippen LogP contribution in [0.25, 0.3) is 10.9 Å². The molecule has 0 saturated carbocycles. The SMILES string of the molecule is CCC(C)(C)n1nnnc1[C@H](C(C)C)N(Cc1ccccc1)Cc1cc2cc(C)c(C)cc2[nH]c1=O. The average Bonchev–Trinajstić information content (AvgIpc) is 3.32. The number of rotatable bonds is 9. The molecular weight excluding hydrogens is 448 g/mol. The molecule has 0 bridgehead atoms. The predicted octanol–water partition coefficient (Wildman–Crippen LogP) is 5.68. The number of pyridine rings is 1. The Morgan fingerprint density at radius 1 is 1.03 bits per heavy atom. The van der Waals surface area contributed by atoms with Gasteiger partial charge >= 0.3 is 0 Å². The molecule has 1 atom stereocenters. The van der Waals surface area contributed by atoms with Crippen molar-refractivity contribution in [3.05, 3.63) is 87.0 Å². The fourth-order valence-electron chi connectivity index (χ4n) is 4.77. The molecule has 4 aromatic rings. The highest BCUT2D eigenvalue weighted by Gasteiger charge is 2.33. The van der Waals surface area contributed by atoms with E-state index in [0.29, 0.717) is 13.1 Å². The van der Waals surface area contributed by atoms with E-state index in [0.717, 1.165) is 28.7 Å². The van der Waals surface area contributed by atoms with E-state index in [2.05, 4.69) is 110 Å². The molecule has 0 amide bonds. The molecule has 0 radical (unpaired) electrons. The molecule has 2 aromatic carbocycles. The molecule has 2 aromatic heterocycles. The van der Waals surface area contributed by atoms with Gasteiger partial charge in [0.05, 0.1) is 11.6 Å². The van der Waals surface area contributed by atoms with Gasteiger partial charge in [-0.2, -0.15) is 0 Å². The van der Waals surface area contributed by atoms with Crippen LogP contribution in [-0.4, -0.2) is 30.1 Å². The van der Waals surface area contributed by atoms with Gasteiger partial charge in [0.25, 0.3) is 5.56 Å². The number of aromatic nitrogens is 5. The number of aromatic amines is 1. The summed E-state index contributed by atoms with van der Waals surface area (Å²) < 4.78 is 1.96. The number of nitrogens with zero attached hydrogens (tertiary/aromatic N) is 5. The first kappa shape index (κ1) is 25.8. The molecule has 0 aliphatic rings. The molecule has 0 unspecified atom stereocenters. The van der Waals surface area contributed by atoms with Crippen LogP contribution < -0.4 is 5.56 Å². The highest BCUT2D eigenvalue weighted by molar-refractivity contribution is 5.80. The third kappa shape index (κ3) is 5.26. The highest BCUT2D eigenvalue weighted by Crippen LogP contribution is 2.33. The molecule has 36 heavy (non-hydrogen) atoms. The largest absolute Gasteiger partial charge is 0.322 e. The lowest BCUT2D eigenvalue weighted by atomic mass is 9.96. The second-order valence-corrected chi connectivity index (χ2v) is 10.8. The average molecular weight is 487 g/mol. The minimum absolute atomic E-state index is 0.0557. The summed E-state index contributed by atoms with van der Waals surface area (Å²) in [6, 6.07) is 16.5. The summed E-state index contributed by atoms with van der Waals surface area (Å²) in [5.41, 5.74) is 4.89. The molecule has 4 rings (SSSR count). The zero-order chi connectivity index (χ0) is 26.0. The van der Waals surface area contributed by atoms with Crippen LogP contribution in [0.4, 0.5) is 0 Å². The Hall–Kier alpha value is -3.32. The number of hydrogen-bond acceptors (Lipinski definition) is 5. The Morgan fingerprint density at radius 3 is 2.39 bits per heavy atom. The van der Waals surface area contributed by atoms with Crippen LogP contribution in [0.5, 0.6) is 0 Å². The number of tetrazole rings is 1. The Kier molecular flexibility index (Phi) is 7.41. The fraction of sp³-hybridized carbons (Fsp3) is 0.448. The van der Waals surface area contributed by atoms with Crippen LogP contribution in [0.15, 0.2) is 53.3 Å². The summed E-state index contributed by atoms with van der Waals surface area (Å²) >= 11 is 0. The number of fused-ring (bicyclic) bond motifs is 1. The second-order valence-electron chi connectivity index (χ2n) is 10.8. The van der Waals surface area contributed by atoms with E-state index in [1.807, 2.05) is 16.8 Å². The molecule has 7 heteroatoms. The molecule has 0 aliphatic heterocycles. The van der Waals surface area contributed by atoms with Crippen LogP contribution in [0, 0.1) is 19.8 Å². The minimum Gasteiger partial charge on any atom is -0.322 e. The number of benzene rings is 2. The van der Waals surface area contributed by atoms with E-state index >= 15 is 0 Å². The standard InChI is InChI=1S/C29H38N6O/c1-8-29(6,7)35-27(31-32-33-35)26(19(2)3)34(17-22-12-10-9-11-13-22)18-24-16-23-14-20(4)21(5)15-25(23)30-28(24)36/h9-16,19,26H,8,17-18H2,1-7H3,(H,30,36)/t26-/m0/s1. The Bertz CT molecular complexity index is 1390. The van der Waals surface area contributed by atoms with Gasteiger partial charge in [0.1, 0.15) is 0 Å². The van der Waals surface area contributed by atoms with Gasteiger partial charge in [0, 0.05) is 24.2 Å². The summed E-state index contributed by atoms with van der Waals surface area (Å²) in [5, 5.41) is 14.0. The van der Waals surface area contributed by atoms with Crippen molar-refractivity contribution in [2.45, 2.75) is 79.6 Å². The molecule has 0 aliphatic carbocycles. The van der Waals surface area contributed by atoms with Crippen LogP contribution in [0.3, 0.4) is 0 Å². The number of nitrogens with one attached hydrogen (secondary N) is 1. The first-order valence-corrected chi connectivity index (χ1v) is 12.8. The highest BCUT2D eigenvalue weighted by atomic mass is 16.1. The number of H-pyrrole nitrogens is 1. The number of hydrogen-bond donors (Lipinski definition) is 1. The molecule has 0 spiro atoms. The first-order chi connectivity index (χ1) is 17.1. The van der Waals surface area contributed by atoms with Crippen molar-refractivity contribution in [3.8, 4) is 0 Å². The Balaban J connectivity index is 1.82. The molecular formula is C29H38N6O. The maximum absolute atomic E-state index is 13.2. The lowest BCUT2D eigenvalue weighted by molar-refractivity contribution is 0.118. The lowest BCUT2D eigenvalue weighted by Crippen LogP contribution is -2.38. The van der Waals surface area contributed by atoms with Crippen LogP contribution in [-0.2, 0) is 18.6 Å². The van der Waals surface area contributed by atoms with Crippen molar-refractivity contribution in [1.29, 1.82) is 0 Å². The van der Waals surface area contributed by atoms with Gasteiger partial charge in [-0.3, -0.25) is 9.69 Å². The van der Waals surface area contributed by atoms with Crippen molar-refractivity contribution >= 4 is 10.9 Å². The molecule has 0 fully saturated rings. The lowest BCUT2D eigenvalue weighted by Gasteiger charge is -2.35. The van der Waals surface area contributed by atoms with Gasteiger partial charge in [0.2, 0.25) is 0 Å². The zero-order valence-corrected chi connectivity index (χ0v) is 22.5. The molecule has 190 valence electrons. The molecule has 0 saturated heterocycles. The van der Waals surface area contributed by atoms with Crippen molar-refractivity contribution < 1.29 is 0 Å². The zero-order valence-electron chi connectivity index (χ0n) is 22.5. The fourth-order valence-corrected chi connectivity index (χ4v) is 4.77. The van der Waals surface area contributed by atoms with Crippen LogP contribution in [0.2, 0.25) is 0 Å². The third-order valence-corrected chi connectivity index (χ3v) is 7.36. The monoisotopic (exact) mass is 486 g/mol. The predicted molar refractivity (Wildman–Crippen MR) is 145 cm³/mol. The van der Waals surface area contributed by atoms with Crippen molar-refractivity contribution in [2.24, 2.45) is 5.92 Å². The third-order valence-electron chi connectivity index (χ3n) is 7.36. The molecule has 1 N–H and O–H groups in total. The van der Waals surface area contributed by atoms with Crippen molar-refractivity contribution in [2.75, 3.05) is 0 Å². The maximum atomic E-state index is 13.2. The topological polar surface area (TPSA) is 79.7 Å². The second kappa shape index (κ2) is 10.3. The van der Waals surface area contributed by atoms with E-state index in [4.69, 9.17) is 0 Å². The van der Waals surface area contributed by atoms with Gasteiger partial charge in [0.15, 0.2) is 5.82 Å². The van der Waals surface area contributed by atoms with E-state index < -0.39 is 0 Å². The maximum Gasteiger partial charge on any atom is 0.252 e. The Morgan fingerprint density at radius 2 is 1.72 bits per heavy atom. The number of aryl methyl sites for hydroxylation is 2. The van der Waals surface area contributed by atoms with Crippen molar-refractivity contribution in [3.63, 3.8) is 0 Å². The van der Waals surface area contributed by atoms with E-state index in [9.17, 15) is 4.79 Å². The summed E-state index contributed by atoms with van der Waals surface area (Å²) in [7, 11) is 0. The Labute approximate surface area is 213 Å². The smallest absolute Gasteiger partial charge is 0.252 e. The summed E-state index contributed by atoms with van der Waals surface area (Å²) in [6.07, 6.45) is 0.900. The summed E-state index contributed by atoms with van der Waals surface area (Å²) in [6.45, 7) is 16.2. The van der Waals surface area contributed by atoms with Gasteiger partial charge in [-0.05, 0) is 90.7 Å². The molecule has 7 nitrogen and oxygen atoms in total. The van der Waals surface area contributed by atoms with E-state index in [1.54, 1.807) is 0 Å². The van der Waals surface area contributed by atoms with Gasteiger partial charge in [-0.25, -0.2) is 4.68 Å². The first-order valence-electron chi connectivity index (χ1n) is 12.8. The van der Waals surface area contributed by atoms with Crippen LogP contribution >= 0.6 is 0 Å². The minimum atomic E-state index is -0.222. The molecule has 2 heterocycles. The van der Waals surface area contributed by atoms with E-state index in [-0.39, 0.29) is 23.1 Å². The van der Waals surface area contributed by atoms with E-state index in [1.165, 1.54) is 16.7 Å². The van der Waals surface area contributed by atoms with Crippen molar-refractivity contribution in [1.82, 2.24) is 30.1 Å². The van der Waals surface area contributed by atoms with Gasteiger partial charge in [-0.1, -0.05) is 51.1 Å².